The molecular weight excluding hydrogens is 276 g/mol. The van der Waals surface area contributed by atoms with Crippen LogP contribution in [0.15, 0.2) is 24.3 Å². The molecule has 0 atom stereocenters. The van der Waals surface area contributed by atoms with Crippen LogP contribution in [0.1, 0.15) is 26.6 Å². The number of rotatable bonds is 3. The molecule has 0 bridgehead atoms. The Hall–Kier alpha value is -2.11. The van der Waals surface area contributed by atoms with Gasteiger partial charge >= 0.3 is 6.61 Å². The van der Waals surface area contributed by atoms with Crippen molar-refractivity contribution in [1.82, 2.24) is 9.55 Å². The highest BCUT2D eigenvalue weighted by atomic mass is 19.3. The van der Waals surface area contributed by atoms with Gasteiger partial charge in [-0.1, -0.05) is 12.1 Å². The first kappa shape index (κ1) is 15.3. The molecule has 0 unspecified atom stereocenters. The molecule has 0 fully saturated rings. The molecule has 0 aliphatic carbocycles. The Labute approximate surface area is 122 Å². The Kier molecular flexibility index (Phi) is 3.89. The van der Waals surface area contributed by atoms with Crippen molar-refractivity contribution < 1.29 is 13.5 Å². The van der Waals surface area contributed by atoms with Crippen LogP contribution in [-0.2, 0) is 5.54 Å². The van der Waals surface area contributed by atoms with Gasteiger partial charge in [0.1, 0.15) is 23.1 Å². The van der Waals surface area contributed by atoms with Crippen LogP contribution in [0.4, 0.5) is 14.6 Å². The first-order valence-corrected chi connectivity index (χ1v) is 6.61. The molecule has 1 aromatic heterocycles. The lowest BCUT2D eigenvalue weighted by atomic mass is 10.1. The van der Waals surface area contributed by atoms with Crippen molar-refractivity contribution in [2.75, 3.05) is 5.73 Å². The summed E-state index contributed by atoms with van der Waals surface area (Å²) >= 11 is 0. The number of para-hydroxylation sites is 1. The van der Waals surface area contributed by atoms with Crippen molar-refractivity contribution in [2.45, 2.75) is 39.8 Å². The van der Waals surface area contributed by atoms with E-state index >= 15 is 0 Å². The van der Waals surface area contributed by atoms with Gasteiger partial charge in [0.05, 0.1) is 0 Å². The SMILES string of the molecule is Cc1nc(-c2ccccc2OC(F)F)c(N)n1C(C)(C)C. The third-order valence-electron chi connectivity index (χ3n) is 3.11. The lowest BCUT2D eigenvalue weighted by Gasteiger charge is -2.24. The molecule has 0 amide bonds. The van der Waals surface area contributed by atoms with E-state index in [1.807, 2.05) is 32.3 Å². The van der Waals surface area contributed by atoms with Crippen molar-refractivity contribution in [1.29, 1.82) is 0 Å². The van der Waals surface area contributed by atoms with Gasteiger partial charge in [-0.2, -0.15) is 8.78 Å². The average Bonchev–Trinajstić information content (AvgIpc) is 2.64. The van der Waals surface area contributed by atoms with E-state index in [1.165, 1.54) is 6.07 Å². The Morgan fingerprint density at radius 2 is 1.86 bits per heavy atom. The topological polar surface area (TPSA) is 53.1 Å². The zero-order valence-corrected chi connectivity index (χ0v) is 12.5. The second kappa shape index (κ2) is 5.35. The maximum atomic E-state index is 12.5. The van der Waals surface area contributed by atoms with Gasteiger partial charge in [0.25, 0.3) is 0 Å². The number of nitrogens with two attached hydrogens (primary N) is 1. The number of halogens is 2. The van der Waals surface area contributed by atoms with Crippen molar-refractivity contribution in [3.8, 4) is 17.0 Å². The minimum Gasteiger partial charge on any atom is -0.434 e. The van der Waals surface area contributed by atoms with E-state index in [2.05, 4.69) is 9.72 Å². The van der Waals surface area contributed by atoms with Crippen molar-refractivity contribution >= 4 is 5.82 Å². The Balaban J connectivity index is 2.59. The molecule has 0 saturated heterocycles. The van der Waals surface area contributed by atoms with Gasteiger partial charge in [0.15, 0.2) is 0 Å². The van der Waals surface area contributed by atoms with Gasteiger partial charge in [0, 0.05) is 11.1 Å². The van der Waals surface area contributed by atoms with Crippen LogP contribution in [0, 0.1) is 6.92 Å². The maximum absolute atomic E-state index is 12.5. The number of alkyl halides is 2. The lowest BCUT2D eigenvalue weighted by molar-refractivity contribution is -0.0494. The first-order chi connectivity index (χ1) is 9.71. The van der Waals surface area contributed by atoms with Crippen LogP contribution in [0.5, 0.6) is 5.75 Å². The van der Waals surface area contributed by atoms with Crippen molar-refractivity contribution in [3.05, 3.63) is 30.1 Å². The molecular formula is C15H19F2N3O. The summed E-state index contributed by atoms with van der Waals surface area (Å²) < 4.78 is 31.5. The lowest BCUT2D eigenvalue weighted by Crippen LogP contribution is -2.24. The third kappa shape index (κ3) is 2.99. The standard InChI is InChI=1S/C15H19F2N3O/c1-9-19-12(13(18)20(9)15(2,3)4)10-7-5-6-8-11(10)21-14(16)17/h5-8,14H,18H2,1-4H3. The van der Waals surface area contributed by atoms with E-state index < -0.39 is 6.61 Å². The summed E-state index contributed by atoms with van der Waals surface area (Å²) in [5.41, 5.74) is 6.84. The second-order valence-electron chi connectivity index (χ2n) is 5.77. The number of aromatic nitrogens is 2. The summed E-state index contributed by atoms with van der Waals surface area (Å²) in [4.78, 5) is 4.43. The minimum absolute atomic E-state index is 0.0674. The highest BCUT2D eigenvalue weighted by Gasteiger charge is 2.24. The molecule has 0 radical (unpaired) electrons. The monoisotopic (exact) mass is 295 g/mol. The number of benzene rings is 1. The van der Waals surface area contributed by atoms with Crippen LogP contribution >= 0.6 is 0 Å². The summed E-state index contributed by atoms with van der Waals surface area (Å²) in [6, 6.07) is 6.51. The molecule has 21 heavy (non-hydrogen) atoms. The average molecular weight is 295 g/mol. The molecule has 1 heterocycles. The minimum atomic E-state index is -2.89. The van der Waals surface area contributed by atoms with Gasteiger partial charge < -0.3 is 15.0 Å². The fourth-order valence-corrected chi connectivity index (χ4v) is 2.46. The number of hydrogen-bond acceptors (Lipinski definition) is 3. The van der Waals surface area contributed by atoms with Gasteiger partial charge in [-0.3, -0.25) is 0 Å². The van der Waals surface area contributed by atoms with E-state index in [1.54, 1.807) is 18.2 Å². The molecule has 6 heteroatoms. The summed E-state index contributed by atoms with van der Waals surface area (Å²) in [7, 11) is 0. The zero-order valence-electron chi connectivity index (χ0n) is 12.5. The third-order valence-corrected chi connectivity index (χ3v) is 3.11. The Morgan fingerprint density at radius 1 is 1.24 bits per heavy atom. The zero-order chi connectivity index (χ0) is 15.8. The summed E-state index contributed by atoms with van der Waals surface area (Å²) in [5, 5.41) is 0. The van der Waals surface area contributed by atoms with Crippen LogP contribution in [-0.4, -0.2) is 16.2 Å². The molecule has 2 aromatic rings. The highest BCUT2D eigenvalue weighted by Crippen LogP contribution is 2.36. The molecule has 1 aromatic carbocycles. The quantitative estimate of drug-likeness (QED) is 0.937. The van der Waals surface area contributed by atoms with Gasteiger partial charge in [0.2, 0.25) is 0 Å². The molecule has 0 saturated carbocycles. The molecule has 0 aliphatic rings. The Morgan fingerprint density at radius 3 is 2.38 bits per heavy atom. The van der Waals surface area contributed by atoms with E-state index in [9.17, 15) is 8.78 Å². The van der Waals surface area contributed by atoms with Crippen molar-refractivity contribution in [3.63, 3.8) is 0 Å². The first-order valence-electron chi connectivity index (χ1n) is 6.61. The number of nitrogens with zero attached hydrogens (tertiary/aromatic N) is 2. The van der Waals surface area contributed by atoms with E-state index in [4.69, 9.17) is 5.73 Å². The number of imidazole rings is 1. The van der Waals surface area contributed by atoms with Gasteiger partial charge in [-0.25, -0.2) is 4.98 Å². The number of hydrogen-bond donors (Lipinski definition) is 1. The number of anilines is 1. The molecule has 2 rings (SSSR count). The Bertz CT molecular complexity index is 645. The summed E-state index contributed by atoms with van der Waals surface area (Å²) in [6.45, 7) is 4.95. The predicted octanol–water partition coefficient (Wildman–Crippen LogP) is 3.80. The fraction of sp³-hybridized carbons (Fsp3) is 0.400. The molecule has 4 nitrogen and oxygen atoms in total. The van der Waals surface area contributed by atoms with Crippen LogP contribution < -0.4 is 10.5 Å². The normalized spacial score (nSPS) is 12.0. The van der Waals surface area contributed by atoms with Gasteiger partial charge in [-0.05, 0) is 39.8 Å². The fourth-order valence-electron chi connectivity index (χ4n) is 2.46. The summed E-state index contributed by atoms with van der Waals surface area (Å²) in [6.07, 6.45) is 0. The van der Waals surface area contributed by atoms with Crippen LogP contribution in [0.3, 0.4) is 0 Å². The number of aryl methyl sites for hydroxylation is 1. The maximum Gasteiger partial charge on any atom is 0.387 e. The van der Waals surface area contributed by atoms with Crippen LogP contribution in [0.2, 0.25) is 0 Å². The summed E-state index contributed by atoms with van der Waals surface area (Å²) in [5.74, 6) is 1.23. The van der Waals surface area contributed by atoms with E-state index in [0.29, 0.717) is 17.1 Å². The molecule has 0 aliphatic heterocycles. The number of nitrogen functional groups attached to an aromatic ring is 1. The smallest absolute Gasteiger partial charge is 0.387 e. The highest BCUT2D eigenvalue weighted by molar-refractivity contribution is 5.76. The van der Waals surface area contributed by atoms with Crippen LogP contribution in [0.25, 0.3) is 11.3 Å². The molecule has 2 N–H and O–H groups in total. The van der Waals surface area contributed by atoms with E-state index in [0.717, 1.165) is 5.82 Å². The predicted molar refractivity (Wildman–Crippen MR) is 78.4 cm³/mol. The van der Waals surface area contributed by atoms with Crippen molar-refractivity contribution in [2.24, 2.45) is 0 Å². The molecule has 0 spiro atoms. The second-order valence-corrected chi connectivity index (χ2v) is 5.77. The number of ether oxygens (including phenoxy) is 1. The molecule has 114 valence electrons. The van der Waals surface area contributed by atoms with E-state index in [-0.39, 0.29) is 11.3 Å². The van der Waals surface area contributed by atoms with Gasteiger partial charge in [-0.15, -0.1) is 0 Å². The largest absolute Gasteiger partial charge is 0.434 e.